The molecule has 1 aromatic heterocycles. The van der Waals surface area contributed by atoms with Gasteiger partial charge < -0.3 is 23.7 Å². The van der Waals surface area contributed by atoms with Gasteiger partial charge >= 0.3 is 15.8 Å². The normalized spacial score (nSPS) is 20.4. The van der Waals surface area contributed by atoms with Crippen LogP contribution in [0.25, 0.3) is 11.0 Å². The van der Waals surface area contributed by atoms with Crippen LogP contribution in [-0.4, -0.2) is 107 Å². The Balaban J connectivity index is 1.13. The van der Waals surface area contributed by atoms with E-state index < -0.39 is 33.5 Å². The van der Waals surface area contributed by atoms with Crippen LogP contribution in [0.4, 0.5) is 10.1 Å². The maximum absolute atomic E-state index is 15.7. The van der Waals surface area contributed by atoms with E-state index in [4.69, 9.17) is 13.9 Å². The molecule has 7 rings (SSSR count). The number of nitrogens with zero attached hydrogens (tertiary/aromatic N) is 4. The second-order valence-corrected chi connectivity index (χ2v) is 16.4. The number of methoxy groups -OCH3 is 1. The van der Waals surface area contributed by atoms with Gasteiger partial charge in [-0.2, -0.15) is 12.7 Å². The topological polar surface area (TPSA) is 142 Å². The first kappa shape index (κ1) is 36.3. The Kier molecular flexibility index (Phi) is 9.59. The SMILES string of the molecule is CCOc1cc(C(=O)N2CCc3c(c(=O)oc4c(C)c(N5CCN(C)[C@@H](COC)C5)cc(C)c34)C2)c(F)cc1C(=O)NS(=O)(=O)N1CC2(CCC2)C1. The van der Waals surface area contributed by atoms with Crippen LogP contribution in [0.15, 0.2) is 27.4 Å². The van der Waals surface area contributed by atoms with Gasteiger partial charge in [0.15, 0.2) is 0 Å². The van der Waals surface area contributed by atoms with E-state index in [0.29, 0.717) is 37.3 Å². The molecule has 4 aliphatic rings. The average molecular weight is 740 g/mol. The van der Waals surface area contributed by atoms with Gasteiger partial charge in [-0.15, -0.1) is 0 Å². The summed E-state index contributed by atoms with van der Waals surface area (Å²) in [6, 6.07) is 4.31. The number of likely N-dealkylation sites (N-methyl/N-ethyl adjacent to an activating group) is 1. The van der Waals surface area contributed by atoms with Gasteiger partial charge in [0, 0.05) is 63.0 Å². The fourth-order valence-electron chi connectivity index (χ4n) is 8.23. The highest BCUT2D eigenvalue weighted by Gasteiger charge is 2.51. The predicted octanol–water partition coefficient (Wildman–Crippen LogP) is 3.37. The highest BCUT2D eigenvalue weighted by Crippen LogP contribution is 2.49. The number of halogens is 1. The Morgan fingerprint density at radius 1 is 1.08 bits per heavy atom. The number of carbonyl (C=O) groups excluding carboxylic acids is 2. The summed E-state index contributed by atoms with van der Waals surface area (Å²) in [5.74, 6) is -2.89. The van der Waals surface area contributed by atoms with E-state index in [9.17, 15) is 22.8 Å². The quantitative estimate of drug-likeness (QED) is 0.325. The maximum Gasteiger partial charge on any atom is 0.341 e. The predicted molar refractivity (Wildman–Crippen MR) is 193 cm³/mol. The molecule has 1 aliphatic carbocycles. The van der Waals surface area contributed by atoms with Crippen molar-refractivity contribution < 1.29 is 36.3 Å². The molecule has 15 heteroatoms. The maximum atomic E-state index is 15.7. The molecule has 3 aliphatic heterocycles. The van der Waals surface area contributed by atoms with Crippen LogP contribution >= 0.6 is 0 Å². The standard InChI is InChI=1S/C37H46FN5O8S/c1-6-50-31-16-26(29(38)15-27(31)34(44)39-52(47,48)43-20-37(21-43)9-7-10-37)35(45)42-11-8-25-28(18-42)36(46)51-33-23(3)30(14-22(2)32(25)33)41-13-12-40(4)24(17-41)19-49-5/h14-16,24H,6-13,17-21H2,1-5H3,(H,39,44)/t24-/m1/s1. The van der Waals surface area contributed by atoms with Crippen LogP contribution in [0.3, 0.4) is 0 Å². The molecule has 0 radical (unpaired) electrons. The van der Waals surface area contributed by atoms with Gasteiger partial charge in [-0.05, 0) is 81.8 Å². The number of rotatable bonds is 9. The minimum atomic E-state index is -4.14. The van der Waals surface area contributed by atoms with Crippen LogP contribution < -0.4 is 20.0 Å². The zero-order chi connectivity index (χ0) is 37.1. The van der Waals surface area contributed by atoms with E-state index in [0.717, 1.165) is 78.8 Å². The van der Waals surface area contributed by atoms with Crippen LogP contribution in [0, 0.1) is 25.1 Å². The van der Waals surface area contributed by atoms with Crippen LogP contribution in [0.2, 0.25) is 0 Å². The second-order valence-electron chi connectivity index (χ2n) is 14.7. The van der Waals surface area contributed by atoms with Gasteiger partial charge in [-0.1, -0.05) is 6.42 Å². The average Bonchev–Trinajstić information content (AvgIpc) is 3.06. The summed E-state index contributed by atoms with van der Waals surface area (Å²) in [5.41, 5.74) is 3.26. The molecule has 0 unspecified atom stereocenters. The van der Waals surface area contributed by atoms with E-state index >= 15 is 4.39 Å². The lowest BCUT2D eigenvalue weighted by Gasteiger charge is -2.54. The zero-order valence-electron chi connectivity index (χ0n) is 30.3. The van der Waals surface area contributed by atoms with E-state index in [1.54, 1.807) is 14.0 Å². The molecule has 280 valence electrons. The highest BCUT2D eigenvalue weighted by molar-refractivity contribution is 7.87. The number of nitrogens with one attached hydrogen (secondary N) is 1. The Bertz CT molecular complexity index is 2110. The zero-order valence-corrected chi connectivity index (χ0v) is 31.2. The summed E-state index contributed by atoms with van der Waals surface area (Å²) in [5, 5.41) is 0.849. The van der Waals surface area contributed by atoms with Crippen molar-refractivity contribution in [3.05, 3.63) is 67.8 Å². The Hall–Kier alpha value is -4.05. The largest absolute Gasteiger partial charge is 0.493 e. The van der Waals surface area contributed by atoms with E-state index in [1.807, 2.05) is 18.6 Å². The number of amides is 2. The first-order chi connectivity index (χ1) is 24.8. The molecule has 2 saturated heterocycles. The second kappa shape index (κ2) is 13.7. The lowest BCUT2D eigenvalue weighted by Crippen LogP contribution is -2.63. The molecule has 4 heterocycles. The van der Waals surface area contributed by atoms with Crippen LogP contribution in [0.1, 0.15) is 69.2 Å². The van der Waals surface area contributed by atoms with Gasteiger partial charge in [0.25, 0.3) is 11.8 Å². The minimum Gasteiger partial charge on any atom is -0.493 e. The summed E-state index contributed by atoms with van der Waals surface area (Å²) in [6.07, 6.45) is 3.33. The third-order valence-corrected chi connectivity index (χ3v) is 12.8. The Morgan fingerprint density at radius 2 is 1.83 bits per heavy atom. The number of fused-ring (bicyclic) bond motifs is 3. The lowest BCUT2D eigenvalue weighted by molar-refractivity contribution is -0.00859. The molecule has 1 spiro atoms. The lowest BCUT2D eigenvalue weighted by atomic mass is 9.65. The number of ether oxygens (including phenoxy) is 2. The third kappa shape index (κ3) is 6.35. The number of aryl methyl sites for hydroxylation is 2. The van der Waals surface area contributed by atoms with Gasteiger partial charge in [0.2, 0.25) is 0 Å². The summed E-state index contributed by atoms with van der Waals surface area (Å²) >= 11 is 0. The number of hydrogen-bond acceptors (Lipinski definition) is 10. The molecular weight excluding hydrogens is 693 g/mol. The molecule has 3 fully saturated rings. The van der Waals surface area contributed by atoms with Gasteiger partial charge in [0.05, 0.1) is 42.5 Å². The number of piperazine rings is 1. The fourth-order valence-corrected chi connectivity index (χ4v) is 9.59. The molecule has 3 aromatic rings. The molecule has 1 N–H and O–H groups in total. The van der Waals surface area contributed by atoms with Crippen LogP contribution in [0.5, 0.6) is 5.75 Å². The van der Waals surface area contributed by atoms with Crippen molar-refractivity contribution in [2.45, 2.75) is 59.0 Å². The van der Waals surface area contributed by atoms with E-state index in [-0.39, 0.29) is 48.0 Å². The number of hydrogen-bond donors (Lipinski definition) is 1. The number of carbonyl (C=O) groups is 2. The summed E-state index contributed by atoms with van der Waals surface area (Å²) in [6.45, 7) is 9.56. The van der Waals surface area contributed by atoms with Crippen molar-refractivity contribution in [3.63, 3.8) is 0 Å². The smallest absolute Gasteiger partial charge is 0.341 e. The first-order valence-electron chi connectivity index (χ1n) is 17.9. The molecule has 1 saturated carbocycles. The Labute approximate surface area is 302 Å². The third-order valence-electron chi connectivity index (χ3n) is 11.4. The van der Waals surface area contributed by atoms with Crippen molar-refractivity contribution in [2.24, 2.45) is 5.41 Å². The van der Waals surface area contributed by atoms with Gasteiger partial charge in [-0.3, -0.25) is 14.5 Å². The van der Waals surface area contributed by atoms with Crippen molar-refractivity contribution in [1.82, 2.24) is 18.8 Å². The number of anilines is 1. The molecule has 2 aromatic carbocycles. The van der Waals surface area contributed by atoms with Crippen LogP contribution in [-0.2, 0) is 27.9 Å². The summed E-state index contributed by atoms with van der Waals surface area (Å²) in [7, 11) is -0.353. The molecule has 1 atom stereocenters. The fraction of sp³-hybridized carbons (Fsp3) is 0.541. The minimum absolute atomic E-state index is 0.00597. The molecule has 2 amide bonds. The summed E-state index contributed by atoms with van der Waals surface area (Å²) in [4.78, 5) is 46.5. The van der Waals surface area contributed by atoms with Crippen molar-refractivity contribution in [3.8, 4) is 5.75 Å². The Morgan fingerprint density at radius 3 is 2.50 bits per heavy atom. The highest BCUT2D eigenvalue weighted by atomic mass is 32.2. The first-order valence-corrected chi connectivity index (χ1v) is 19.3. The number of benzene rings is 2. The molecule has 52 heavy (non-hydrogen) atoms. The van der Waals surface area contributed by atoms with E-state index in [1.165, 1.54) is 9.21 Å². The molecular formula is C37H46FN5O8S. The van der Waals surface area contributed by atoms with Crippen molar-refractivity contribution >= 4 is 38.7 Å². The monoisotopic (exact) mass is 739 g/mol. The van der Waals surface area contributed by atoms with Crippen molar-refractivity contribution in [1.29, 1.82) is 0 Å². The summed E-state index contributed by atoms with van der Waals surface area (Å²) < 4.78 is 61.8. The van der Waals surface area contributed by atoms with Gasteiger partial charge in [-0.25, -0.2) is 13.9 Å². The van der Waals surface area contributed by atoms with Crippen molar-refractivity contribution in [2.75, 3.05) is 71.5 Å². The molecule has 0 bridgehead atoms. The van der Waals surface area contributed by atoms with E-state index in [2.05, 4.69) is 22.9 Å². The van der Waals surface area contributed by atoms with Gasteiger partial charge in [0.1, 0.15) is 17.1 Å². The molecule has 13 nitrogen and oxygen atoms in total.